The number of nitrogens with zero attached hydrogens (tertiary/aromatic N) is 3. The van der Waals surface area contributed by atoms with Crippen molar-refractivity contribution in [2.45, 2.75) is 38.9 Å². The molecule has 1 aromatic carbocycles. The Morgan fingerprint density at radius 3 is 3.16 bits per heavy atom. The van der Waals surface area contributed by atoms with Gasteiger partial charge in [0.2, 0.25) is 0 Å². The van der Waals surface area contributed by atoms with E-state index >= 15 is 0 Å². The first-order chi connectivity index (χ1) is 9.24. The van der Waals surface area contributed by atoms with Crippen molar-refractivity contribution in [3.63, 3.8) is 0 Å². The third kappa shape index (κ3) is 2.46. The van der Waals surface area contributed by atoms with Crippen molar-refractivity contribution in [1.29, 1.82) is 0 Å². The zero-order chi connectivity index (χ0) is 13.2. The van der Waals surface area contributed by atoms with Gasteiger partial charge in [-0.3, -0.25) is 0 Å². The lowest BCUT2D eigenvalue weighted by molar-refractivity contribution is 0.472. The van der Waals surface area contributed by atoms with Gasteiger partial charge in [0.05, 0.1) is 6.04 Å². The first kappa shape index (κ1) is 12.2. The predicted octanol–water partition coefficient (Wildman–Crippen LogP) is 1.78. The van der Waals surface area contributed by atoms with Crippen molar-refractivity contribution in [3.05, 3.63) is 41.5 Å². The van der Waals surface area contributed by atoms with E-state index in [2.05, 4.69) is 27.0 Å². The quantitative estimate of drug-likeness (QED) is 0.877. The van der Waals surface area contributed by atoms with E-state index < -0.39 is 0 Å². The molecule has 5 nitrogen and oxygen atoms in total. The van der Waals surface area contributed by atoms with Crippen LogP contribution < -0.4 is 5.32 Å². The summed E-state index contributed by atoms with van der Waals surface area (Å²) < 4.78 is 2.21. The monoisotopic (exact) mass is 258 g/mol. The fourth-order valence-corrected chi connectivity index (χ4v) is 2.52. The molecule has 0 fully saturated rings. The number of aromatic hydroxyl groups is 1. The topological polar surface area (TPSA) is 63.0 Å². The smallest absolute Gasteiger partial charge is 0.149 e. The maximum Gasteiger partial charge on any atom is 0.149 e. The summed E-state index contributed by atoms with van der Waals surface area (Å²) in [5.41, 5.74) is 1.06. The van der Waals surface area contributed by atoms with Crippen LogP contribution in [-0.4, -0.2) is 19.9 Å². The molecule has 2 aromatic rings. The van der Waals surface area contributed by atoms with Gasteiger partial charge in [-0.1, -0.05) is 12.1 Å². The number of nitrogens with one attached hydrogen (secondary N) is 1. The minimum absolute atomic E-state index is 0.154. The molecule has 1 aliphatic rings. The molecule has 0 saturated heterocycles. The van der Waals surface area contributed by atoms with E-state index in [1.165, 1.54) is 0 Å². The van der Waals surface area contributed by atoms with Gasteiger partial charge >= 0.3 is 0 Å². The highest BCUT2D eigenvalue weighted by atomic mass is 16.3. The molecule has 1 aliphatic heterocycles. The molecule has 1 unspecified atom stereocenters. The summed E-state index contributed by atoms with van der Waals surface area (Å²) in [6, 6.07) is 7.45. The summed E-state index contributed by atoms with van der Waals surface area (Å²) in [5, 5.41) is 21.3. The minimum atomic E-state index is 0.154. The SMILES string of the molecule is CC(NCc1cccc(O)c1)c1nnc2n1CCC2. The summed E-state index contributed by atoms with van der Waals surface area (Å²) in [6.45, 7) is 3.83. The van der Waals surface area contributed by atoms with Gasteiger partial charge in [-0.25, -0.2) is 0 Å². The summed E-state index contributed by atoms with van der Waals surface area (Å²) in [5.74, 6) is 2.41. The van der Waals surface area contributed by atoms with Crippen molar-refractivity contribution in [2.75, 3.05) is 0 Å². The van der Waals surface area contributed by atoms with Crippen LogP contribution in [0.15, 0.2) is 24.3 Å². The molecule has 0 bridgehead atoms. The van der Waals surface area contributed by atoms with E-state index in [9.17, 15) is 5.11 Å². The molecule has 0 amide bonds. The van der Waals surface area contributed by atoms with E-state index in [4.69, 9.17) is 0 Å². The predicted molar refractivity (Wildman–Crippen MR) is 71.7 cm³/mol. The van der Waals surface area contributed by atoms with Crippen LogP contribution >= 0.6 is 0 Å². The van der Waals surface area contributed by atoms with Gasteiger partial charge < -0.3 is 15.0 Å². The van der Waals surface area contributed by atoms with Crippen LogP contribution in [0.1, 0.15) is 36.6 Å². The normalized spacial score (nSPS) is 15.4. The zero-order valence-electron chi connectivity index (χ0n) is 11.0. The maximum absolute atomic E-state index is 9.43. The molecule has 1 atom stereocenters. The first-order valence-corrected chi connectivity index (χ1v) is 6.67. The maximum atomic E-state index is 9.43. The second-order valence-corrected chi connectivity index (χ2v) is 5.00. The van der Waals surface area contributed by atoms with E-state index in [1.807, 2.05) is 12.1 Å². The molecule has 3 rings (SSSR count). The van der Waals surface area contributed by atoms with Crippen molar-refractivity contribution in [3.8, 4) is 5.75 Å². The lowest BCUT2D eigenvalue weighted by Crippen LogP contribution is -2.21. The highest BCUT2D eigenvalue weighted by molar-refractivity contribution is 5.27. The van der Waals surface area contributed by atoms with Gasteiger partial charge in [-0.05, 0) is 31.0 Å². The number of benzene rings is 1. The number of aromatic nitrogens is 3. The average molecular weight is 258 g/mol. The van der Waals surface area contributed by atoms with Crippen LogP contribution in [0.4, 0.5) is 0 Å². The van der Waals surface area contributed by atoms with Crippen LogP contribution in [0.3, 0.4) is 0 Å². The van der Waals surface area contributed by atoms with Crippen molar-refractivity contribution in [2.24, 2.45) is 0 Å². The molecule has 2 heterocycles. The number of hydrogen-bond donors (Lipinski definition) is 2. The molecule has 100 valence electrons. The largest absolute Gasteiger partial charge is 0.508 e. The Hall–Kier alpha value is -1.88. The van der Waals surface area contributed by atoms with Crippen molar-refractivity contribution < 1.29 is 5.11 Å². The minimum Gasteiger partial charge on any atom is -0.508 e. The molecule has 0 radical (unpaired) electrons. The van der Waals surface area contributed by atoms with Crippen LogP contribution in [0.2, 0.25) is 0 Å². The molecule has 0 saturated carbocycles. The molecule has 0 spiro atoms. The standard InChI is InChI=1S/C14H18N4O/c1-10(14-17-16-13-6-3-7-18(13)14)15-9-11-4-2-5-12(19)8-11/h2,4-5,8,10,15,19H,3,6-7,9H2,1H3. The molecule has 0 aliphatic carbocycles. The zero-order valence-corrected chi connectivity index (χ0v) is 11.0. The lowest BCUT2D eigenvalue weighted by atomic mass is 10.2. The van der Waals surface area contributed by atoms with Crippen molar-refractivity contribution in [1.82, 2.24) is 20.1 Å². The Labute approximate surface area is 112 Å². The second-order valence-electron chi connectivity index (χ2n) is 5.00. The Balaban J connectivity index is 1.66. The highest BCUT2D eigenvalue weighted by Gasteiger charge is 2.20. The van der Waals surface area contributed by atoms with Crippen molar-refractivity contribution >= 4 is 0 Å². The fraction of sp³-hybridized carbons (Fsp3) is 0.429. The Bertz CT molecular complexity index is 579. The van der Waals surface area contributed by atoms with Crippen LogP contribution in [0, 0.1) is 0 Å². The fourth-order valence-electron chi connectivity index (χ4n) is 2.52. The molecule has 1 aromatic heterocycles. The average Bonchev–Trinajstić information content (AvgIpc) is 2.98. The van der Waals surface area contributed by atoms with Gasteiger partial charge in [-0.15, -0.1) is 10.2 Å². The number of hydrogen-bond acceptors (Lipinski definition) is 4. The van der Waals surface area contributed by atoms with Gasteiger partial charge in [0, 0.05) is 19.5 Å². The molecule has 2 N–H and O–H groups in total. The Kier molecular flexibility index (Phi) is 3.21. The van der Waals surface area contributed by atoms with Gasteiger partial charge in [0.25, 0.3) is 0 Å². The third-order valence-corrected chi connectivity index (χ3v) is 3.55. The molecular weight excluding hydrogens is 240 g/mol. The highest BCUT2D eigenvalue weighted by Crippen LogP contribution is 2.19. The van der Waals surface area contributed by atoms with E-state index in [0.29, 0.717) is 12.3 Å². The van der Waals surface area contributed by atoms with Crippen LogP contribution in [-0.2, 0) is 19.5 Å². The molecule has 5 heteroatoms. The molecular formula is C14H18N4O. The first-order valence-electron chi connectivity index (χ1n) is 6.67. The van der Waals surface area contributed by atoms with E-state index in [-0.39, 0.29) is 6.04 Å². The van der Waals surface area contributed by atoms with E-state index in [0.717, 1.165) is 36.6 Å². The summed E-state index contributed by atoms with van der Waals surface area (Å²) in [6.07, 6.45) is 2.20. The number of phenolic OH excluding ortho intramolecular Hbond substituents is 1. The summed E-state index contributed by atoms with van der Waals surface area (Å²) in [4.78, 5) is 0. The van der Waals surface area contributed by atoms with Crippen LogP contribution in [0.5, 0.6) is 5.75 Å². The number of rotatable bonds is 4. The van der Waals surface area contributed by atoms with Gasteiger partial charge in [0.15, 0.2) is 0 Å². The number of fused-ring (bicyclic) bond motifs is 1. The summed E-state index contributed by atoms with van der Waals surface area (Å²) in [7, 11) is 0. The Morgan fingerprint density at radius 1 is 1.42 bits per heavy atom. The number of aryl methyl sites for hydroxylation is 1. The van der Waals surface area contributed by atoms with Gasteiger partial charge in [-0.2, -0.15) is 0 Å². The van der Waals surface area contributed by atoms with Crippen LogP contribution in [0.25, 0.3) is 0 Å². The lowest BCUT2D eigenvalue weighted by Gasteiger charge is -2.14. The second kappa shape index (κ2) is 5.01. The Morgan fingerprint density at radius 2 is 2.32 bits per heavy atom. The van der Waals surface area contributed by atoms with E-state index in [1.54, 1.807) is 12.1 Å². The summed E-state index contributed by atoms with van der Waals surface area (Å²) >= 11 is 0. The third-order valence-electron chi connectivity index (χ3n) is 3.55. The van der Waals surface area contributed by atoms with Gasteiger partial charge in [0.1, 0.15) is 17.4 Å². The number of phenols is 1. The molecule has 19 heavy (non-hydrogen) atoms.